The molecule has 16 heavy (non-hydrogen) atoms. The van der Waals surface area contributed by atoms with Crippen molar-refractivity contribution in [3.63, 3.8) is 0 Å². The maximum Gasteiger partial charge on any atom is 0.303 e. The molecule has 0 amide bonds. The minimum absolute atomic E-state index is 0.157. The summed E-state index contributed by atoms with van der Waals surface area (Å²) >= 11 is 7.58. The molecule has 1 heterocycles. The zero-order valence-electron chi connectivity index (χ0n) is 9.84. The lowest BCUT2D eigenvalue weighted by molar-refractivity contribution is -0.139. The Kier molecular flexibility index (Phi) is 4.39. The minimum atomic E-state index is -0.731. The van der Waals surface area contributed by atoms with E-state index < -0.39 is 5.97 Å². The van der Waals surface area contributed by atoms with Crippen LogP contribution in [0.25, 0.3) is 0 Å². The van der Waals surface area contributed by atoms with E-state index in [1.807, 2.05) is 20.8 Å². The fourth-order valence-corrected chi connectivity index (χ4v) is 2.85. The topological polar surface area (TPSA) is 37.3 Å². The van der Waals surface area contributed by atoms with Crippen LogP contribution in [0.2, 0.25) is 4.34 Å². The maximum atomic E-state index is 10.7. The molecule has 0 aliphatic heterocycles. The fourth-order valence-electron chi connectivity index (χ4n) is 1.61. The van der Waals surface area contributed by atoms with Crippen LogP contribution in [0.15, 0.2) is 6.07 Å². The van der Waals surface area contributed by atoms with Crippen LogP contribution in [-0.4, -0.2) is 11.1 Å². The molecule has 90 valence electrons. The van der Waals surface area contributed by atoms with Crippen LogP contribution < -0.4 is 0 Å². The molecule has 1 N–H and O–H groups in total. The van der Waals surface area contributed by atoms with E-state index in [1.54, 1.807) is 11.3 Å². The van der Waals surface area contributed by atoms with Crippen molar-refractivity contribution in [2.45, 2.75) is 40.0 Å². The second kappa shape index (κ2) is 5.19. The van der Waals surface area contributed by atoms with Crippen molar-refractivity contribution < 1.29 is 9.90 Å². The molecule has 0 aliphatic rings. The van der Waals surface area contributed by atoms with Gasteiger partial charge < -0.3 is 5.11 Å². The van der Waals surface area contributed by atoms with Crippen LogP contribution in [-0.2, 0) is 11.2 Å². The summed E-state index contributed by atoms with van der Waals surface area (Å²) in [6.45, 7) is 5.97. The first-order valence-electron chi connectivity index (χ1n) is 5.27. The van der Waals surface area contributed by atoms with Crippen molar-refractivity contribution in [3.8, 4) is 0 Å². The van der Waals surface area contributed by atoms with Crippen LogP contribution >= 0.6 is 22.9 Å². The number of aryl methyl sites for hydroxylation is 2. The molecule has 0 aliphatic carbocycles. The van der Waals surface area contributed by atoms with Crippen molar-refractivity contribution in [3.05, 3.63) is 20.8 Å². The summed E-state index contributed by atoms with van der Waals surface area (Å²) in [6.07, 6.45) is 1.99. The molecule has 1 aromatic heterocycles. The van der Waals surface area contributed by atoms with Gasteiger partial charge in [-0.25, -0.2) is 0 Å². The van der Waals surface area contributed by atoms with E-state index in [4.69, 9.17) is 16.7 Å². The Morgan fingerprint density at radius 1 is 1.56 bits per heavy atom. The summed E-state index contributed by atoms with van der Waals surface area (Å²) in [5.41, 5.74) is 0.952. The number of hydrogen-bond donors (Lipinski definition) is 1. The molecule has 0 spiro atoms. The first kappa shape index (κ1) is 13.5. The largest absolute Gasteiger partial charge is 0.481 e. The van der Waals surface area contributed by atoms with Gasteiger partial charge in [-0.1, -0.05) is 25.4 Å². The summed E-state index contributed by atoms with van der Waals surface area (Å²) in [5, 5.41) is 8.78. The Morgan fingerprint density at radius 3 is 2.62 bits per heavy atom. The molecule has 0 bridgehead atoms. The van der Waals surface area contributed by atoms with Gasteiger partial charge in [0.2, 0.25) is 0 Å². The van der Waals surface area contributed by atoms with Gasteiger partial charge in [-0.05, 0) is 36.8 Å². The molecule has 0 aromatic carbocycles. The highest BCUT2D eigenvalue weighted by Crippen LogP contribution is 2.32. The third-order valence-electron chi connectivity index (χ3n) is 2.59. The lowest BCUT2D eigenvalue weighted by Crippen LogP contribution is -2.17. The standard InChI is InChI=1S/C12H17ClO2S/c1-8-6-9(16-11(8)13)4-5-12(2,3)7-10(14)15/h6H,4-5,7H2,1-3H3,(H,14,15). The summed E-state index contributed by atoms with van der Waals surface area (Å²) in [5.74, 6) is -0.731. The quantitative estimate of drug-likeness (QED) is 0.864. The molecule has 1 rings (SSSR count). The molecule has 0 saturated heterocycles. The zero-order chi connectivity index (χ0) is 12.3. The number of halogens is 1. The van der Waals surface area contributed by atoms with Gasteiger partial charge in [0.25, 0.3) is 0 Å². The van der Waals surface area contributed by atoms with Gasteiger partial charge in [-0.15, -0.1) is 11.3 Å². The van der Waals surface area contributed by atoms with E-state index >= 15 is 0 Å². The second-order valence-corrected chi connectivity index (χ2v) is 6.64. The van der Waals surface area contributed by atoms with E-state index in [0.717, 1.165) is 22.7 Å². The molecule has 0 unspecified atom stereocenters. The molecular weight excluding hydrogens is 244 g/mol. The highest BCUT2D eigenvalue weighted by Gasteiger charge is 2.21. The van der Waals surface area contributed by atoms with Gasteiger partial charge >= 0.3 is 5.97 Å². The lowest BCUT2D eigenvalue weighted by atomic mass is 9.84. The van der Waals surface area contributed by atoms with Gasteiger partial charge in [0, 0.05) is 4.88 Å². The maximum absolute atomic E-state index is 10.7. The van der Waals surface area contributed by atoms with Crippen molar-refractivity contribution >= 4 is 28.9 Å². The van der Waals surface area contributed by atoms with Gasteiger partial charge in [0.05, 0.1) is 10.8 Å². The SMILES string of the molecule is Cc1cc(CCC(C)(C)CC(=O)O)sc1Cl. The molecule has 0 saturated carbocycles. The zero-order valence-corrected chi connectivity index (χ0v) is 11.4. The summed E-state index contributed by atoms with van der Waals surface area (Å²) in [6, 6.07) is 2.09. The monoisotopic (exact) mass is 260 g/mol. The third kappa shape index (κ3) is 4.14. The third-order valence-corrected chi connectivity index (χ3v) is 4.20. The van der Waals surface area contributed by atoms with Crippen LogP contribution in [0.1, 0.15) is 37.1 Å². The van der Waals surface area contributed by atoms with Crippen molar-refractivity contribution in [2.75, 3.05) is 0 Å². The van der Waals surface area contributed by atoms with Crippen LogP contribution in [0.5, 0.6) is 0 Å². The van der Waals surface area contributed by atoms with E-state index in [9.17, 15) is 4.79 Å². The van der Waals surface area contributed by atoms with Crippen molar-refractivity contribution in [1.82, 2.24) is 0 Å². The highest BCUT2D eigenvalue weighted by atomic mass is 35.5. The first-order valence-corrected chi connectivity index (χ1v) is 6.46. The summed E-state index contributed by atoms with van der Waals surface area (Å²) in [7, 11) is 0. The van der Waals surface area contributed by atoms with Gasteiger partial charge in [-0.2, -0.15) is 0 Å². The van der Waals surface area contributed by atoms with Crippen molar-refractivity contribution in [2.24, 2.45) is 5.41 Å². The number of hydrogen-bond acceptors (Lipinski definition) is 2. The number of aliphatic carboxylic acids is 1. The predicted octanol–water partition coefficient (Wildman–Crippen LogP) is 4.14. The average molecular weight is 261 g/mol. The van der Waals surface area contributed by atoms with E-state index in [-0.39, 0.29) is 11.8 Å². The Hall–Kier alpha value is -0.540. The van der Waals surface area contributed by atoms with Crippen LogP contribution in [0.3, 0.4) is 0 Å². The number of carbonyl (C=O) groups is 1. The number of carboxylic acid groups (broad SMARTS) is 1. The number of carboxylic acids is 1. The van der Waals surface area contributed by atoms with Crippen molar-refractivity contribution in [1.29, 1.82) is 0 Å². The number of rotatable bonds is 5. The van der Waals surface area contributed by atoms with Gasteiger partial charge in [0.1, 0.15) is 0 Å². The normalized spacial score (nSPS) is 11.8. The van der Waals surface area contributed by atoms with Gasteiger partial charge in [-0.3, -0.25) is 4.79 Å². The van der Waals surface area contributed by atoms with E-state index in [1.165, 1.54) is 4.88 Å². The van der Waals surface area contributed by atoms with E-state index in [2.05, 4.69) is 6.07 Å². The van der Waals surface area contributed by atoms with E-state index in [0.29, 0.717) is 0 Å². The molecule has 2 nitrogen and oxygen atoms in total. The summed E-state index contributed by atoms with van der Waals surface area (Å²) in [4.78, 5) is 11.9. The predicted molar refractivity (Wildman–Crippen MR) is 68.4 cm³/mol. The molecular formula is C12H17ClO2S. The van der Waals surface area contributed by atoms with Gasteiger partial charge in [0.15, 0.2) is 0 Å². The Morgan fingerprint density at radius 2 is 2.19 bits per heavy atom. The summed E-state index contributed by atoms with van der Waals surface area (Å²) < 4.78 is 0.839. The second-order valence-electron chi connectivity index (χ2n) is 4.90. The number of thiophene rings is 1. The molecule has 0 radical (unpaired) electrons. The molecule has 0 fully saturated rings. The van der Waals surface area contributed by atoms with Crippen LogP contribution in [0.4, 0.5) is 0 Å². The molecule has 4 heteroatoms. The lowest BCUT2D eigenvalue weighted by Gasteiger charge is -2.21. The average Bonchev–Trinajstić information content (AvgIpc) is 2.41. The Labute approximate surface area is 105 Å². The highest BCUT2D eigenvalue weighted by molar-refractivity contribution is 7.16. The fraction of sp³-hybridized carbons (Fsp3) is 0.583. The first-order chi connectivity index (χ1) is 7.30. The minimum Gasteiger partial charge on any atom is -0.481 e. The Bertz CT molecular complexity index is 363. The molecule has 1 aromatic rings. The Balaban J connectivity index is 2.53. The van der Waals surface area contributed by atoms with Crippen LogP contribution in [0, 0.1) is 12.3 Å². The molecule has 0 atom stereocenters. The smallest absolute Gasteiger partial charge is 0.303 e.